The number of ether oxygens (including phenoxy) is 1. The average molecular weight is 214 g/mol. The summed E-state index contributed by atoms with van der Waals surface area (Å²) < 4.78 is 4.47. The Balaban J connectivity index is 4.13. The van der Waals surface area contributed by atoms with Gasteiger partial charge in [-0.05, 0) is 12.8 Å². The third-order valence-corrected chi connectivity index (χ3v) is 1.75. The predicted octanol–water partition coefficient (Wildman–Crippen LogP) is -0.670. The molecule has 1 amide bonds. The number of unbranched alkanes of at least 4 members (excludes halogenated alkanes) is 1. The Morgan fingerprint density at radius 2 is 2.27 bits per heavy atom. The van der Waals surface area contributed by atoms with E-state index in [0.29, 0.717) is 19.3 Å². The largest absolute Gasteiger partial charge is 0.467 e. The normalized spacial score (nSPS) is 11.3. The highest BCUT2D eigenvalue weighted by atomic mass is 16.5. The van der Waals surface area contributed by atoms with Crippen LogP contribution in [0.2, 0.25) is 0 Å². The summed E-state index contributed by atoms with van der Waals surface area (Å²) in [6.07, 6.45) is 1.12. The molecule has 0 unspecified atom stereocenters. The van der Waals surface area contributed by atoms with Crippen LogP contribution in [-0.2, 0) is 14.3 Å². The van der Waals surface area contributed by atoms with E-state index in [-0.39, 0.29) is 0 Å². The van der Waals surface area contributed by atoms with E-state index in [1.165, 1.54) is 7.11 Å². The van der Waals surface area contributed by atoms with Crippen LogP contribution < -0.4 is 5.32 Å². The quantitative estimate of drug-likeness (QED) is 0.451. The van der Waals surface area contributed by atoms with Crippen molar-refractivity contribution in [3.63, 3.8) is 0 Å². The molecule has 0 aliphatic rings. The van der Waals surface area contributed by atoms with Gasteiger partial charge in [-0.1, -0.05) is 0 Å². The minimum Gasteiger partial charge on any atom is -0.467 e. The van der Waals surface area contributed by atoms with E-state index in [1.54, 1.807) is 0 Å². The second-order valence-corrected chi connectivity index (χ2v) is 2.85. The summed E-state index contributed by atoms with van der Waals surface area (Å²) in [5.74, 6) is -1.21. The van der Waals surface area contributed by atoms with Gasteiger partial charge >= 0.3 is 5.97 Å². The van der Waals surface area contributed by atoms with Gasteiger partial charge in [0.1, 0.15) is 12.6 Å². The number of amides is 1. The van der Waals surface area contributed by atoms with Crippen molar-refractivity contribution < 1.29 is 19.4 Å². The van der Waals surface area contributed by atoms with E-state index in [1.807, 2.05) is 6.07 Å². The number of aliphatic hydroxyl groups excluding tert-OH is 1. The Morgan fingerprint density at radius 1 is 1.60 bits per heavy atom. The van der Waals surface area contributed by atoms with Crippen molar-refractivity contribution in [2.45, 2.75) is 25.3 Å². The summed E-state index contributed by atoms with van der Waals surface area (Å²) in [5, 5.41) is 19.1. The molecule has 0 saturated heterocycles. The van der Waals surface area contributed by atoms with Gasteiger partial charge in [-0.25, -0.2) is 4.79 Å². The number of hydrogen-bond donors (Lipinski definition) is 2. The van der Waals surface area contributed by atoms with E-state index in [9.17, 15) is 9.59 Å². The number of carbonyl (C=O) groups is 2. The lowest BCUT2D eigenvalue weighted by atomic mass is 10.1. The molecule has 84 valence electrons. The van der Waals surface area contributed by atoms with Crippen LogP contribution in [-0.4, -0.2) is 36.7 Å². The minimum absolute atomic E-state index is 0.308. The highest BCUT2D eigenvalue weighted by Crippen LogP contribution is 2.02. The molecule has 0 bridgehead atoms. The molecule has 0 saturated carbocycles. The lowest BCUT2D eigenvalue weighted by Gasteiger charge is -2.14. The van der Waals surface area contributed by atoms with Gasteiger partial charge in [-0.15, -0.1) is 0 Å². The van der Waals surface area contributed by atoms with Gasteiger partial charge in [0.15, 0.2) is 0 Å². The molecule has 0 aliphatic carbocycles. The smallest absolute Gasteiger partial charge is 0.328 e. The van der Waals surface area contributed by atoms with Crippen LogP contribution in [0.25, 0.3) is 0 Å². The number of nitrogens with zero attached hydrogens (tertiary/aromatic N) is 1. The first kappa shape index (κ1) is 13.4. The highest BCUT2D eigenvalue weighted by molar-refractivity contribution is 5.84. The van der Waals surface area contributed by atoms with E-state index in [4.69, 9.17) is 10.4 Å². The number of rotatable bonds is 6. The lowest BCUT2D eigenvalue weighted by Crippen LogP contribution is -2.42. The standard InChI is InChI=1S/C9H14N2O4/c1-15-9(14)7(4-2-3-5-10)11-8(13)6-12/h7,12H,2-4,6H2,1H3,(H,11,13)/t7-/m1/s1. The fraction of sp³-hybridized carbons (Fsp3) is 0.667. The maximum absolute atomic E-state index is 11.2. The molecule has 1 atom stereocenters. The van der Waals surface area contributed by atoms with Crippen LogP contribution in [0.15, 0.2) is 0 Å². The Bertz CT molecular complexity index is 259. The van der Waals surface area contributed by atoms with Gasteiger partial charge in [-0.3, -0.25) is 4.79 Å². The zero-order chi connectivity index (χ0) is 11.7. The summed E-state index contributed by atoms with van der Waals surface area (Å²) >= 11 is 0. The molecule has 6 nitrogen and oxygen atoms in total. The van der Waals surface area contributed by atoms with Crippen LogP contribution in [0.4, 0.5) is 0 Å². The molecule has 0 aromatic rings. The molecule has 0 fully saturated rings. The average Bonchev–Trinajstić information content (AvgIpc) is 2.26. The third-order valence-electron chi connectivity index (χ3n) is 1.75. The van der Waals surface area contributed by atoms with Gasteiger partial charge in [0.25, 0.3) is 0 Å². The van der Waals surface area contributed by atoms with Crippen LogP contribution in [0, 0.1) is 11.3 Å². The Labute approximate surface area is 87.8 Å². The molecule has 0 radical (unpaired) electrons. The van der Waals surface area contributed by atoms with Crippen molar-refractivity contribution in [2.75, 3.05) is 13.7 Å². The van der Waals surface area contributed by atoms with Crippen molar-refractivity contribution >= 4 is 11.9 Å². The van der Waals surface area contributed by atoms with E-state index in [2.05, 4.69) is 10.1 Å². The summed E-state index contributed by atoms with van der Waals surface area (Å²) in [5.41, 5.74) is 0. The molecule has 0 aromatic carbocycles. The first-order chi connectivity index (χ1) is 7.15. The molecular formula is C9H14N2O4. The predicted molar refractivity (Wildman–Crippen MR) is 50.5 cm³/mol. The first-order valence-corrected chi connectivity index (χ1v) is 4.50. The molecule has 6 heteroatoms. The minimum atomic E-state index is -0.789. The van der Waals surface area contributed by atoms with Crippen LogP contribution >= 0.6 is 0 Å². The Hall–Kier alpha value is -1.61. The number of esters is 1. The van der Waals surface area contributed by atoms with E-state index >= 15 is 0 Å². The van der Waals surface area contributed by atoms with Gasteiger partial charge in [0.2, 0.25) is 5.91 Å². The number of aliphatic hydroxyl groups is 1. The second kappa shape index (κ2) is 7.76. The first-order valence-electron chi connectivity index (χ1n) is 4.50. The topological polar surface area (TPSA) is 99.4 Å². The molecule has 0 heterocycles. The fourth-order valence-corrected chi connectivity index (χ4v) is 1.02. The maximum atomic E-state index is 11.2. The lowest BCUT2D eigenvalue weighted by molar-refractivity contribution is -0.145. The fourth-order valence-electron chi connectivity index (χ4n) is 1.02. The molecule has 2 N–H and O–H groups in total. The summed E-state index contributed by atoms with van der Waals surface area (Å²) in [4.78, 5) is 22.0. The van der Waals surface area contributed by atoms with Gasteiger partial charge in [0.05, 0.1) is 13.2 Å². The highest BCUT2D eigenvalue weighted by Gasteiger charge is 2.20. The second-order valence-electron chi connectivity index (χ2n) is 2.85. The maximum Gasteiger partial charge on any atom is 0.328 e. The van der Waals surface area contributed by atoms with Crippen molar-refractivity contribution in [2.24, 2.45) is 0 Å². The van der Waals surface area contributed by atoms with Crippen molar-refractivity contribution in [3.8, 4) is 6.07 Å². The number of nitrogens with one attached hydrogen (secondary N) is 1. The van der Waals surface area contributed by atoms with E-state index in [0.717, 1.165) is 0 Å². The summed E-state index contributed by atoms with van der Waals surface area (Å²) in [6.45, 7) is -0.675. The molecule has 0 spiro atoms. The number of hydrogen-bond acceptors (Lipinski definition) is 5. The van der Waals surface area contributed by atoms with Crippen molar-refractivity contribution in [1.29, 1.82) is 5.26 Å². The van der Waals surface area contributed by atoms with Gasteiger partial charge in [0, 0.05) is 6.42 Å². The molecule has 0 aliphatic heterocycles. The molecule has 15 heavy (non-hydrogen) atoms. The number of carbonyl (C=O) groups excluding carboxylic acids is 2. The molecular weight excluding hydrogens is 200 g/mol. The monoisotopic (exact) mass is 214 g/mol. The van der Waals surface area contributed by atoms with Gasteiger partial charge < -0.3 is 15.2 Å². The van der Waals surface area contributed by atoms with Gasteiger partial charge in [-0.2, -0.15) is 5.26 Å². The molecule has 0 rings (SSSR count). The van der Waals surface area contributed by atoms with Crippen molar-refractivity contribution in [3.05, 3.63) is 0 Å². The van der Waals surface area contributed by atoms with E-state index < -0.39 is 24.5 Å². The summed E-state index contributed by atoms with van der Waals surface area (Å²) in [6, 6.07) is 1.14. The van der Waals surface area contributed by atoms with Crippen LogP contribution in [0.1, 0.15) is 19.3 Å². The number of nitriles is 1. The SMILES string of the molecule is COC(=O)[C@@H](CCCC#N)NC(=O)CO. The van der Waals surface area contributed by atoms with Crippen molar-refractivity contribution in [1.82, 2.24) is 5.32 Å². The Kier molecular flexibility index (Phi) is 6.93. The third kappa shape index (κ3) is 5.65. The number of methoxy groups -OCH3 is 1. The zero-order valence-electron chi connectivity index (χ0n) is 8.52. The summed E-state index contributed by atoms with van der Waals surface area (Å²) in [7, 11) is 1.21. The molecule has 0 aromatic heterocycles. The zero-order valence-corrected chi connectivity index (χ0v) is 8.52. The Morgan fingerprint density at radius 3 is 2.73 bits per heavy atom. The van der Waals surface area contributed by atoms with Crippen LogP contribution in [0.5, 0.6) is 0 Å². The van der Waals surface area contributed by atoms with Crippen LogP contribution in [0.3, 0.4) is 0 Å².